The third-order valence-corrected chi connectivity index (χ3v) is 13.1. The Balaban J connectivity index is 1.10. The van der Waals surface area contributed by atoms with Crippen molar-refractivity contribution in [3.63, 3.8) is 0 Å². The Kier molecular flexibility index (Phi) is 5.57. The molecule has 6 nitrogen and oxygen atoms in total. The molecule has 15 aromatic rings. The highest BCUT2D eigenvalue weighted by atomic mass is 16.3. The van der Waals surface area contributed by atoms with E-state index in [1.807, 2.05) is 0 Å². The van der Waals surface area contributed by atoms with Crippen LogP contribution in [0.1, 0.15) is 0 Å². The van der Waals surface area contributed by atoms with E-state index in [0.29, 0.717) is 5.95 Å². The lowest BCUT2D eigenvalue weighted by molar-refractivity contribution is 0.669. The predicted octanol–water partition coefficient (Wildman–Crippen LogP) is 14.0. The first-order valence-electron chi connectivity index (χ1n) is 20.4. The molecule has 0 aliphatic rings. The second-order valence-corrected chi connectivity index (χ2v) is 16.1. The van der Waals surface area contributed by atoms with Crippen molar-refractivity contribution in [3.05, 3.63) is 176 Å². The van der Waals surface area contributed by atoms with Gasteiger partial charge in [-0.25, -0.2) is 9.97 Å². The van der Waals surface area contributed by atoms with Crippen LogP contribution in [-0.2, 0) is 0 Å². The lowest BCUT2D eigenvalue weighted by Crippen LogP contribution is -2.04. The fourth-order valence-corrected chi connectivity index (χ4v) is 10.7. The topological polar surface area (TPSA) is 53.2 Å². The van der Waals surface area contributed by atoms with E-state index < -0.39 is 0 Å². The zero-order valence-electron chi connectivity index (χ0n) is 31.9. The summed E-state index contributed by atoms with van der Waals surface area (Å²) >= 11 is 0. The van der Waals surface area contributed by atoms with Gasteiger partial charge in [-0.1, -0.05) is 103 Å². The smallest absolute Gasteiger partial charge is 0.235 e. The standard InChI is InChI=1S/C54H29N5O/c1-2-12-32(13-3-1)57-39-17-8-7-16-35(39)38-29-31(22-25-41(38)57)51-37-23-21-30-11-4-5-14-33(30)52(37)56-54(55-51)59-43-27-28-46-50-47-42(19-10-20-45(47)60-46)58-40-18-9-6-15-34(40)36-24-26-44(59)49(48(43)50)53(36)58/h1-29H. The molecular formula is C54H29N5O. The summed E-state index contributed by atoms with van der Waals surface area (Å²) in [6, 6.07) is 63.1. The quantitative estimate of drug-likeness (QED) is 0.168. The average molecular weight is 764 g/mol. The van der Waals surface area contributed by atoms with Gasteiger partial charge in [-0.3, -0.25) is 4.57 Å². The highest BCUT2D eigenvalue weighted by Crippen LogP contribution is 2.49. The minimum absolute atomic E-state index is 0.635. The van der Waals surface area contributed by atoms with Gasteiger partial charge in [0.2, 0.25) is 5.95 Å². The van der Waals surface area contributed by atoms with Crippen molar-refractivity contribution < 1.29 is 4.42 Å². The van der Waals surface area contributed by atoms with Gasteiger partial charge in [0.15, 0.2) is 0 Å². The highest BCUT2D eigenvalue weighted by Gasteiger charge is 2.28. The summed E-state index contributed by atoms with van der Waals surface area (Å²) in [5.74, 6) is 0.635. The van der Waals surface area contributed by atoms with Crippen LogP contribution < -0.4 is 0 Å². The largest absolute Gasteiger partial charge is 0.456 e. The van der Waals surface area contributed by atoms with Crippen LogP contribution in [-0.4, -0.2) is 23.5 Å². The lowest BCUT2D eigenvalue weighted by atomic mass is 10.0. The van der Waals surface area contributed by atoms with Crippen molar-refractivity contribution in [1.29, 1.82) is 0 Å². The van der Waals surface area contributed by atoms with Gasteiger partial charge in [-0.2, -0.15) is 0 Å². The number of aromatic nitrogens is 5. The van der Waals surface area contributed by atoms with Crippen molar-refractivity contribution in [2.24, 2.45) is 0 Å². The maximum absolute atomic E-state index is 6.64. The van der Waals surface area contributed by atoms with Crippen molar-refractivity contribution in [2.75, 3.05) is 0 Å². The van der Waals surface area contributed by atoms with E-state index in [1.54, 1.807) is 0 Å². The molecule has 6 heterocycles. The Morgan fingerprint density at radius 3 is 1.97 bits per heavy atom. The van der Waals surface area contributed by atoms with Gasteiger partial charge in [-0.05, 0) is 78.2 Å². The Morgan fingerprint density at radius 1 is 0.383 bits per heavy atom. The van der Waals surface area contributed by atoms with E-state index in [-0.39, 0.29) is 0 Å². The van der Waals surface area contributed by atoms with Crippen LogP contribution in [0.3, 0.4) is 0 Å². The molecule has 0 radical (unpaired) electrons. The normalized spacial score (nSPS) is 12.7. The number of furan rings is 1. The fourth-order valence-electron chi connectivity index (χ4n) is 10.7. The van der Waals surface area contributed by atoms with Gasteiger partial charge in [0.1, 0.15) is 11.2 Å². The zero-order chi connectivity index (χ0) is 38.8. The van der Waals surface area contributed by atoms with Crippen LogP contribution in [0.2, 0.25) is 0 Å². The minimum atomic E-state index is 0.635. The average Bonchev–Trinajstić information content (AvgIpc) is 4.02. The number of benzene rings is 9. The number of hydrogen-bond acceptors (Lipinski definition) is 3. The molecule has 0 aliphatic carbocycles. The van der Waals surface area contributed by atoms with Crippen molar-refractivity contribution in [2.45, 2.75) is 0 Å². The Labute approximate surface area is 340 Å². The summed E-state index contributed by atoms with van der Waals surface area (Å²) in [5.41, 5.74) is 13.7. The number of rotatable bonds is 3. The number of nitrogens with zero attached hydrogens (tertiary/aromatic N) is 5. The molecule has 6 heteroatoms. The molecule has 15 rings (SSSR count). The van der Waals surface area contributed by atoms with Gasteiger partial charge in [0.25, 0.3) is 0 Å². The maximum Gasteiger partial charge on any atom is 0.235 e. The third kappa shape index (κ3) is 3.71. The molecule has 60 heavy (non-hydrogen) atoms. The Bertz CT molecular complexity index is 4300. The van der Waals surface area contributed by atoms with Crippen molar-refractivity contribution in [3.8, 4) is 22.9 Å². The van der Waals surface area contributed by atoms with Crippen molar-refractivity contribution in [1.82, 2.24) is 23.5 Å². The molecule has 6 aromatic heterocycles. The molecule has 0 atom stereocenters. The van der Waals surface area contributed by atoms with E-state index in [4.69, 9.17) is 14.4 Å². The van der Waals surface area contributed by atoms with E-state index in [0.717, 1.165) is 82.6 Å². The van der Waals surface area contributed by atoms with Crippen LogP contribution in [0.25, 0.3) is 137 Å². The van der Waals surface area contributed by atoms with E-state index in [2.05, 4.69) is 189 Å². The zero-order valence-corrected chi connectivity index (χ0v) is 31.9. The molecule has 9 aromatic carbocycles. The number of hydrogen-bond donors (Lipinski definition) is 0. The molecule has 0 N–H and O–H groups in total. The molecule has 0 unspecified atom stereocenters. The summed E-state index contributed by atoms with van der Waals surface area (Å²) < 4.78 is 13.8. The lowest BCUT2D eigenvalue weighted by Gasteiger charge is -2.14. The third-order valence-electron chi connectivity index (χ3n) is 13.1. The van der Waals surface area contributed by atoms with Crippen LogP contribution in [0.4, 0.5) is 0 Å². The summed E-state index contributed by atoms with van der Waals surface area (Å²) in [6.45, 7) is 0. The highest BCUT2D eigenvalue weighted by molar-refractivity contribution is 6.37. The molecule has 276 valence electrons. The van der Waals surface area contributed by atoms with Crippen LogP contribution in [0, 0.1) is 0 Å². The van der Waals surface area contributed by atoms with Gasteiger partial charge >= 0.3 is 0 Å². The van der Waals surface area contributed by atoms with Gasteiger partial charge in [0.05, 0.1) is 55.2 Å². The Morgan fingerprint density at radius 2 is 1.07 bits per heavy atom. The molecule has 0 saturated carbocycles. The van der Waals surface area contributed by atoms with Crippen LogP contribution in [0.15, 0.2) is 180 Å². The SMILES string of the molecule is c1ccc(-n2c3ccccc3c3cc(-c4nc(-n5c6ccc7oc8cccc9c8c7c6c6c5ccc5c7ccccc7n9c56)nc5c4ccc4ccccc45)ccc32)cc1. The minimum Gasteiger partial charge on any atom is -0.456 e. The molecule has 0 fully saturated rings. The molecule has 0 aliphatic heterocycles. The van der Waals surface area contributed by atoms with Gasteiger partial charge in [0, 0.05) is 59.7 Å². The number of fused-ring (bicyclic) bond motifs is 10. The summed E-state index contributed by atoms with van der Waals surface area (Å²) in [6.07, 6.45) is 0. The predicted molar refractivity (Wildman–Crippen MR) is 247 cm³/mol. The Hall–Kier alpha value is -8.22. The van der Waals surface area contributed by atoms with E-state index in [9.17, 15) is 0 Å². The molecule has 0 bridgehead atoms. The summed E-state index contributed by atoms with van der Waals surface area (Å²) in [7, 11) is 0. The van der Waals surface area contributed by atoms with Gasteiger partial charge < -0.3 is 13.4 Å². The monoisotopic (exact) mass is 763 g/mol. The summed E-state index contributed by atoms with van der Waals surface area (Å²) in [5, 5.41) is 12.7. The van der Waals surface area contributed by atoms with Gasteiger partial charge in [-0.15, -0.1) is 0 Å². The maximum atomic E-state index is 6.64. The summed E-state index contributed by atoms with van der Waals surface area (Å²) in [4.78, 5) is 11.2. The second kappa shape index (κ2) is 10.8. The second-order valence-electron chi connectivity index (χ2n) is 16.1. The molecule has 0 spiro atoms. The first-order valence-corrected chi connectivity index (χ1v) is 20.4. The molecule has 0 saturated heterocycles. The van der Waals surface area contributed by atoms with Crippen LogP contribution in [0.5, 0.6) is 0 Å². The van der Waals surface area contributed by atoms with Crippen molar-refractivity contribution >= 4 is 115 Å². The number of para-hydroxylation sites is 3. The van der Waals surface area contributed by atoms with E-state index >= 15 is 0 Å². The first-order chi connectivity index (χ1) is 29.8. The fraction of sp³-hybridized carbons (Fsp3) is 0. The molecular weight excluding hydrogens is 735 g/mol. The molecule has 0 amide bonds. The first kappa shape index (κ1) is 30.9. The van der Waals surface area contributed by atoms with E-state index in [1.165, 1.54) is 48.9 Å². The van der Waals surface area contributed by atoms with Crippen LogP contribution >= 0.6 is 0 Å².